The van der Waals surface area contributed by atoms with E-state index in [9.17, 15) is 0 Å². The van der Waals surface area contributed by atoms with Crippen LogP contribution in [0.5, 0.6) is 0 Å². The average Bonchev–Trinajstić information content (AvgIpc) is 0. The van der Waals surface area contributed by atoms with Gasteiger partial charge in [0.15, 0.2) is 0 Å². The largest absolute Gasteiger partial charge is 1.00 e. The predicted octanol–water partition coefficient (Wildman–Crippen LogP) is 0.194. The summed E-state index contributed by atoms with van der Waals surface area (Å²) >= 11 is 0. The van der Waals surface area contributed by atoms with Crippen LogP contribution in [0.2, 0.25) is 0 Å². The molecule has 0 saturated carbocycles. The van der Waals surface area contributed by atoms with Gasteiger partial charge in [-0.05, 0) is 0 Å². The third-order valence-corrected chi connectivity index (χ3v) is 0. The van der Waals surface area contributed by atoms with Crippen molar-refractivity contribution in [2.45, 2.75) is 0 Å². The summed E-state index contributed by atoms with van der Waals surface area (Å²) < 4.78 is 0. The molecule has 0 aliphatic rings. The van der Waals surface area contributed by atoms with Crippen LogP contribution in [0.4, 0.5) is 0 Å². The van der Waals surface area contributed by atoms with E-state index in [2.05, 4.69) is 0 Å². The molecule has 0 atom stereocenters. The Labute approximate surface area is 47.6 Å². The predicted molar refractivity (Wildman–Crippen MR) is 32.8 cm³/mol. The Balaban J connectivity index is 0. The molecule has 4 heavy (non-hydrogen) atoms. The minimum Gasteiger partial charge on any atom is -0.147 e. The van der Waals surface area contributed by atoms with Gasteiger partial charge in [0.05, 0.1) is 8.41 Å². The fourth-order valence-electron chi connectivity index (χ4n) is 0. The first kappa shape index (κ1) is 87.4. The van der Waals surface area contributed by atoms with Gasteiger partial charge in [0, 0.05) is 0 Å². The maximum Gasteiger partial charge on any atom is 1.00 e. The summed E-state index contributed by atoms with van der Waals surface area (Å²) in [5.74, 6) is 0. The van der Waals surface area contributed by atoms with Gasteiger partial charge in [-0.1, -0.05) is 0 Å². The lowest BCUT2D eigenvalue weighted by atomic mass is 10.8. The van der Waals surface area contributed by atoms with Crippen LogP contribution in [-0.2, 0) is 0 Å². The molecule has 0 aromatic rings. The molecule has 0 aromatic heterocycles. The molecule has 0 aliphatic heterocycles. The summed E-state index contributed by atoms with van der Waals surface area (Å²) in [6.07, 6.45) is 0. The number of hydrogen-bond donors (Lipinski definition) is 0. The summed E-state index contributed by atoms with van der Waals surface area (Å²) in [5, 5.41) is 0. The van der Waals surface area contributed by atoms with Gasteiger partial charge in [-0.3, -0.25) is 0 Å². The standard InChI is InChI=1S/BH3.3ClH/h1H3;3*1H/p+1. The third kappa shape index (κ3) is 12.6. The lowest BCUT2D eigenvalue weighted by molar-refractivity contribution is 5.75. The Morgan fingerprint density at radius 3 is 0.750 bits per heavy atom. The lowest BCUT2D eigenvalue weighted by Crippen LogP contribution is -0.381. The molecule has 4 heteroatoms. The zero-order chi connectivity index (χ0) is 0. The molecule has 0 amide bonds. The van der Waals surface area contributed by atoms with E-state index in [4.69, 9.17) is 0 Å². The first-order chi connectivity index (χ1) is 0. The van der Waals surface area contributed by atoms with Crippen molar-refractivity contribution in [1.82, 2.24) is 0 Å². The van der Waals surface area contributed by atoms with Gasteiger partial charge in [-0.2, -0.15) is 0 Å². The molecular formula is H7BCl3+. The molecule has 0 nitrogen and oxygen atoms in total. The maximum absolute atomic E-state index is 0. The van der Waals surface area contributed by atoms with Crippen molar-refractivity contribution in [2.24, 2.45) is 0 Å². The smallest absolute Gasteiger partial charge is 0.147 e. The van der Waals surface area contributed by atoms with E-state index in [0.717, 1.165) is 0 Å². The SMILES string of the molecule is B.Cl.Cl.Cl.[H+]. The molecule has 0 aliphatic carbocycles. The highest BCUT2D eigenvalue weighted by atomic mass is 35.5. The number of hydrogen-bond acceptors (Lipinski definition) is 0. The average molecular weight is 124 g/mol. The van der Waals surface area contributed by atoms with Crippen molar-refractivity contribution in [1.29, 1.82) is 0 Å². The molecule has 0 fully saturated rings. The Kier molecular flexibility index (Phi) is 847. The third-order valence-electron chi connectivity index (χ3n) is 0. The van der Waals surface area contributed by atoms with E-state index >= 15 is 0 Å². The van der Waals surface area contributed by atoms with E-state index in [-0.39, 0.29) is 47.1 Å². The van der Waals surface area contributed by atoms with Crippen LogP contribution < -0.4 is 0 Å². The Hall–Kier alpha value is 0.935. The van der Waals surface area contributed by atoms with Crippen molar-refractivity contribution in [3.63, 3.8) is 0 Å². The summed E-state index contributed by atoms with van der Waals surface area (Å²) in [5.41, 5.74) is 0. The number of halogens is 3. The second-order valence-electron chi connectivity index (χ2n) is 0. The van der Waals surface area contributed by atoms with Gasteiger partial charge in [0.25, 0.3) is 0 Å². The minimum absolute atomic E-state index is 0. The van der Waals surface area contributed by atoms with Crippen LogP contribution in [0.15, 0.2) is 0 Å². The summed E-state index contributed by atoms with van der Waals surface area (Å²) in [6.45, 7) is 0. The molecule has 0 N–H and O–H groups in total. The quantitative estimate of drug-likeness (QED) is 0.404. The summed E-state index contributed by atoms with van der Waals surface area (Å²) in [6, 6.07) is 0. The molecule has 0 bridgehead atoms. The lowest BCUT2D eigenvalue weighted by Gasteiger charge is -0.148. The van der Waals surface area contributed by atoms with E-state index in [1.807, 2.05) is 0 Å². The van der Waals surface area contributed by atoms with Crippen LogP contribution >= 0.6 is 37.2 Å². The minimum atomic E-state index is 0. The zero-order valence-corrected chi connectivity index (χ0v) is 3.67. The fraction of sp³-hybridized carbons (Fsp3) is 0. The normalized spacial score (nSPS) is 0. The highest BCUT2D eigenvalue weighted by Gasteiger charge is 0.0814. The Morgan fingerprint density at radius 2 is 0.750 bits per heavy atom. The second kappa shape index (κ2) is 38.8. The first-order valence-electron chi connectivity index (χ1n) is 0. The highest BCUT2D eigenvalue weighted by Crippen LogP contribution is 0.692. The first-order valence-corrected chi connectivity index (χ1v) is 0. The van der Waals surface area contributed by atoms with Gasteiger partial charge in [-0.15, -0.1) is 37.2 Å². The molecule has 0 unspecified atom stereocenters. The van der Waals surface area contributed by atoms with Crippen LogP contribution in [0.25, 0.3) is 0 Å². The van der Waals surface area contributed by atoms with Gasteiger partial charge in [-0.25, -0.2) is 0 Å². The molecular weight excluding hydrogens is 117 g/mol. The maximum atomic E-state index is 0. The topological polar surface area (TPSA) is 0 Å². The van der Waals surface area contributed by atoms with E-state index < -0.39 is 0 Å². The van der Waals surface area contributed by atoms with Crippen molar-refractivity contribution in [3.8, 4) is 0 Å². The Morgan fingerprint density at radius 1 is 0.750 bits per heavy atom. The van der Waals surface area contributed by atoms with Gasteiger partial charge >= 0.3 is 1.43 Å². The van der Waals surface area contributed by atoms with Crippen LogP contribution in [0.3, 0.4) is 0 Å². The summed E-state index contributed by atoms with van der Waals surface area (Å²) in [7, 11) is 0. The van der Waals surface area contributed by atoms with E-state index in [0.29, 0.717) is 0 Å². The van der Waals surface area contributed by atoms with E-state index in [1.54, 1.807) is 0 Å². The highest BCUT2D eigenvalue weighted by molar-refractivity contribution is 5.86. The van der Waals surface area contributed by atoms with Crippen molar-refractivity contribution >= 4 is 45.6 Å². The number of rotatable bonds is 0. The second-order valence-corrected chi connectivity index (χ2v) is 0. The van der Waals surface area contributed by atoms with Gasteiger partial charge < -0.3 is 0 Å². The molecule has 0 rings (SSSR count). The zero-order valence-electron chi connectivity index (χ0n) is 2.22. The van der Waals surface area contributed by atoms with Crippen molar-refractivity contribution < 1.29 is 1.43 Å². The molecule has 0 aromatic carbocycles. The van der Waals surface area contributed by atoms with Crippen molar-refractivity contribution in [3.05, 3.63) is 0 Å². The van der Waals surface area contributed by atoms with Crippen LogP contribution in [0, 0.1) is 0 Å². The summed E-state index contributed by atoms with van der Waals surface area (Å²) in [4.78, 5) is 0. The monoisotopic (exact) mass is 123 g/mol. The fourth-order valence-corrected chi connectivity index (χ4v) is 0. The molecule has 0 saturated heterocycles. The molecule has 0 heterocycles. The molecule has 30 valence electrons. The van der Waals surface area contributed by atoms with Crippen LogP contribution in [0.1, 0.15) is 1.43 Å². The molecule has 0 spiro atoms. The Bertz CT molecular complexity index is 6.85. The van der Waals surface area contributed by atoms with E-state index in [1.165, 1.54) is 0 Å². The van der Waals surface area contributed by atoms with Crippen LogP contribution in [-0.4, -0.2) is 8.41 Å². The van der Waals surface area contributed by atoms with Gasteiger partial charge in [0.1, 0.15) is 0 Å². The van der Waals surface area contributed by atoms with Gasteiger partial charge in [0.2, 0.25) is 0 Å². The van der Waals surface area contributed by atoms with Crippen molar-refractivity contribution in [2.75, 3.05) is 0 Å². The molecule has 0 radical (unpaired) electrons.